The quantitative estimate of drug-likeness (QED) is 0.643. The van der Waals surface area contributed by atoms with Gasteiger partial charge in [-0.05, 0) is 38.5 Å². The van der Waals surface area contributed by atoms with Crippen LogP contribution in [0, 0.1) is 0 Å². The molecule has 0 radical (unpaired) electrons. The lowest BCUT2D eigenvalue weighted by atomic mass is 9.96. The van der Waals surface area contributed by atoms with E-state index < -0.39 is 0 Å². The molecule has 0 spiro atoms. The molecular weight excluding hydrogens is 200 g/mol. The summed E-state index contributed by atoms with van der Waals surface area (Å²) in [6.45, 7) is 8.72. The molecule has 1 saturated carbocycles. The molecule has 92 valence electrons. The van der Waals surface area contributed by atoms with Crippen molar-refractivity contribution in [2.24, 2.45) is 0 Å². The first kappa shape index (κ1) is 13.5. The molecule has 0 aromatic carbocycles. The maximum atomic E-state index is 5.71. The Kier molecular flexibility index (Phi) is 7.19. The van der Waals surface area contributed by atoms with Crippen molar-refractivity contribution in [1.29, 1.82) is 0 Å². The molecule has 1 rings (SSSR count). The van der Waals surface area contributed by atoms with Crippen molar-refractivity contribution in [3.8, 4) is 0 Å². The molecule has 0 unspecified atom stereocenters. The van der Waals surface area contributed by atoms with Gasteiger partial charge < -0.3 is 9.47 Å². The fraction of sp³-hybridized carbons (Fsp3) is 0.714. The van der Waals surface area contributed by atoms with E-state index in [1.54, 1.807) is 0 Å². The highest BCUT2D eigenvalue weighted by atomic mass is 16.5. The third-order valence-electron chi connectivity index (χ3n) is 3.00. The topological polar surface area (TPSA) is 18.5 Å². The van der Waals surface area contributed by atoms with Gasteiger partial charge in [-0.15, -0.1) is 13.2 Å². The van der Waals surface area contributed by atoms with E-state index in [4.69, 9.17) is 9.47 Å². The van der Waals surface area contributed by atoms with Crippen LogP contribution in [-0.4, -0.2) is 25.4 Å². The van der Waals surface area contributed by atoms with Crippen LogP contribution in [0.3, 0.4) is 0 Å². The first-order valence-corrected chi connectivity index (χ1v) is 6.31. The van der Waals surface area contributed by atoms with Crippen LogP contribution in [0.5, 0.6) is 0 Å². The van der Waals surface area contributed by atoms with E-state index in [1.807, 2.05) is 12.2 Å². The van der Waals surface area contributed by atoms with Crippen molar-refractivity contribution >= 4 is 0 Å². The zero-order valence-corrected chi connectivity index (χ0v) is 10.2. The minimum Gasteiger partial charge on any atom is -0.374 e. The van der Waals surface area contributed by atoms with Gasteiger partial charge in [-0.1, -0.05) is 12.2 Å². The second kappa shape index (κ2) is 8.54. The van der Waals surface area contributed by atoms with Crippen LogP contribution in [0.15, 0.2) is 25.3 Å². The number of ether oxygens (including phenoxy) is 2. The Balaban J connectivity index is 2.20. The maximum absolute atomic E-state index is 5.71. The summed E-state index contributed by atoms with van der Waals surface area (Å²) in [4.78, 5) is 0. The van der Waals surface area contributed by atoms with Crippen molar-refractivity contribution in [2.75, 3.05) is 13.2 Å². The molecule has 0 atom stereocenters. The lowest BCUT2D eigenvalue weighted by Gasteiger charge is -2.24. The average Bonchev–Trinajstić information content (AvgIpc) is 2.26. The molecular formula is C14H24O2. The maximum Gasteiger partial charge on any atom is 0.0648 e. The van der Waals surface area contributed by atoms with Gasteiger partial charge in [-0.25, -0.2) is 0 Å². The Morgan fingerprint density at radius 3 is 1.50 bits per heavy atom. The molecule has 0 aromatic rings. The smallest absolute Gasteiger partial charge is 0.0648 e. The van der Waals surface area contributed by atoms with E-state index in [9.17, 15) is 0 Å². The SMILES string of the molecule is C=CCOC1CCCC(OCC=C)CCC1. The molecule has 0 bridgehead atoms. The number of rotatable bonds is 6. The van der Waals surface area contributed by atoms with Crippen molar-refractivity contribution in [2.45, 2.75) is 50.7 Å². The highest BCUT2D eigenvalue weighted by Crippen LogP contribution is 2.21. The third kappa shape index (κ3) is 5.47. The van der Waals surface area contributed by atoms with Crippen molar-refractivity contribution in [3.05, 3.63) is 25.3 Å². The van der Waals surface area contributed by atoms with Gasteiger partial charge in [-0.2, -0.15) is 0 Å². The van der Waals surface area contributed by atoms with Gasteiger partial charge in [-0.3, -0.25) is 0 Å². The van der Waals surface area contributed by atoms with E-state index >= 15 is 0 Å². The van der Waals surface area contributed by atoms with E-state index in [0.717, 1.165) is 25.7 Å². The molecule has 0 heterocycles. The fourth-order valence-electron chi connectivity index (χ4n) is 2.18. The zero-order valence-electron chi connectivity index (χ0n) is 10.2. The minimum atomic E-state index is 0.429. The second-order valence-corrected chi connectivity index (χ2v) is 4.35. The predicted molar refractivity (Wildman–Crippen MR) is 67.6 cm³/mol. The fourth-order valence-corrected chi connectivity index (χ4v) is 2.18. The van der Waals surface area contributed by atoms with Crippen LogP contribution in [0.2, 0.25) is 0 Å². The largest absolute Gasteiger partial charge is 0.374 e. The Morgan fingerprint density at radius 1 is 0.812 bits per heavy atom. The summed E-state index contributed by atoms with van der Waals surface area (Å²) in [5.74, 6) is 0. The summed E-state index contributed by atoms with van der Waals surface area (Å²) in [5.41, 5.74) is 0. The molecule has 1 aliphatic rings. The van der Waals surface area contributed by atoms with Crippen LogP contribution in [0.25, 0.3) is 0 Å². The molecule has 0 aliphatic heterocycles. The van der Waals surface area contributed by atoms with Crippen LogP contribution < -0.4 is 0 Å². The van der Waals surface area contributed by atoms with Gasteiger partial charge in [0.2, 0.25) is 0 Å². The molecule has 2 nitrogen and oxygen atoms in total. The molecule has 1 fully saturated rings. The zero-order chi connectivity index (χ0) is 11.6. The molecule has 0 saturated heterocycles. The van der Waals surface area contributed by atoms with E-state index in [0.29, 0.717) is 25.4 Å². The molecule has 0 N–H and O–H groups in total. The van der Waals surface area contributed by atoms with Gasteiger partial charge in [0.15, 0.2) is 0 Å². The van der Waals surface area contributed by atoms with Gasteiger partial charge in [0.25, 0.3) is 0 Å². The van der Waals surface area contributed by atoms with Crippen molar-refractivity contribution in [3.63, 3.8) is 0 Å². The molecule has 0 amide bonds. The van der Waals surface area contributed by atoms with E-state index in [2.05, 4.69) is 13.2 Å². The lowest BCUT2D eigenvalue weighted by Crippen LogP contribution is -2.21. The first-order chi connectivity index (χ1) is 7.86. The lowest BCUT2D eigenvalue weighted by molar-refractivity contribution is 0.0190. The summed E-state index contributed by atoms with van der Waals surface area (Å²) in [6, 6.07) is 0. The molecule has 2 heteroatoms. The second-order valence-electron chi connectivity index (χ2n) is 4.35. The standard InChI is InChI=1S/C14H24O2/c1-3-11-15-13-7-5-9-14(10-6-8-13)16-12-4-2/h3-4,13-14H,1-2,5-12H2. The van der Waals surface area contributed by atoms with Crippen molar-refractivity contribution in [1.82, 2.24) is 0 Å². The summed E-state index contributed by atoms with van der Waals surface area (Å²) in [7, 11) is 0. The van der Waals surface area contributed by atoms with E-state index in [-0.39, 0.29) is 0 Å². The molecule has 16 heavy (non-hydrogen) atoms. The molecule has 1 aliphatic carbocycles. The van der Waals surface area contributed by atoms with Crippen LogP contribution in [0.1, 0.15) is 38.5 Å². The third-order valence-corrected chi connectivity index (χ3v) is 3.00. The van der Waals surface area contributed by atoms with Crippen molar-refractivity contribution < 1.29 is 9.47 Å². The Morgan fingerprint density at radius 2 is 1.19 bits per heavy atom. The summed E-state index contributed by atoms with van der Waals surface area (Å²) in [5, 5.41) is 0. The molecule has 0 aromatic heterocycles. The highest BCUT2D eigenvalue weighted by molar-refractivity contribution is 4.73. The van der Waals surface area contributed by atoms with Gasteiger partial charge in [0.05, 0.1) is 25.4 Å². The highest BCUT2D eigenvalue weighted by Gasteiger charge is 2.16. The minimum absolute atomic E-state index is 0.429. The van der Waals surface area contributed by atoms with Crippen LogP contribution in [-0.2, 0) is 9.47 Å². The Hall–Kier alpha value is -0.600. The average molecular weight is 224 g/mol. The van der Waals surface area contributed by atoms with Crippen LogP contribution in [0.4, 0.5) is 0 Å². The summed E-state index contributed by atoms with van der Waals surface area (Å²) in [6.07, 6.45) is 11.5. The van der Waals surface area contributed by atoms with E-state index in [1.165, 1.54) is 12.8 Å². The Labute approximate surface area is 99.3 Å². The van der Waals surface area contributed by atoms with Crippen LogP contribution >= 0.6 is 0 Å². The Bertz CT molecular complexity index is 171. The first-order valence-electron chi connectivity index (χ1n) is 6.31. The monoisotopic (exact) mass is 224 g/mol. The predicted octanol–water partition coefficient (Wildman–Crippen LogP) is 3.48. The van der Waals surface area contributed by atoms with Gasteiger partial charge in [0.1, 0.15) is 0 Å². The summed E-state index contributed by atoms with van der Waals surface area (Å²) >= 11 is 0. The summed E-state index contributed by atoms with van der Waals surface area (Å²) < 4.78 is 11.4. The number of hydrogen-bond acceptors (Lipinski definition) is 2. The van der Waals surface area contributed by atoms with Gasteiger partial charge in [0, 0.05) is 0 Å². The normalized spacial score (nSPS) is 26.8. The van der Waals surface area contributed by atoms with Gasteiger partial charge >= 0.3 is 0 Å². The number of hydrogen-bond donors (Lipinski definition) is 0.